The van der Waals surface area contributed by atoms with E-state index in [4.69, 9.17) is 0 Å². The number of piperidine rings is 1. The molecule has 1 saturated heterocycles. The molecule has 0 aliphatic carbocycles. The summed E-state index contributed by atoms with van der Waals surface area (Å²) >= 11 is 0. The first-order valence-corrected chi connectivity index (χ1v) is 4.15. The van der Waals surface area contributed by atoms with Gasteiger partial charge >= 0.3 is 5.97 Å². The molecule has 70 valence electrons. The summed E-state index contributed by atoms with van der Waals surface area (Å²) in [4.78, 5) is 10.8. The van der Waals surface area contributed by atoms with Crippen molar-refractivity contribution in [2.45, 2.75) is 19.0 Å². The van der Waals surface area contributed by atoms with Gasteiger partial charge in [0.05, 0.1) is 13.5 Å². The molecule has 0 radical (unpaired) electrons. The SMILES string of the molecule is COC(=O)C[C@@H]1CCNC[C@H]1F. The van der Waals surface area contributed by atoms with E-state index in [0.717, 1.165) is 13.0 Å². The number of carbonyl (C=O) groups is 1. The number of hydrogen-bond donors (Lipinski definition) is 1. The minimum Gasteiger partial charge on any atom is -0.469 e. The molecule has 0 bridgehead atoms. The van der Waals surface area contributed by atoms with Gasteiger partial charge in [0.1, 0.15) is 6.17 Å². The van der Waals surface area contributed by atoms with Gasteiger partial charge in [0.25, 0.3) is 0 Å². The van der Waals surface area contributed by atoms with E-state index < -0.39 is 6.17 Å². The van der Waals surface area contributed by atoms with Crippen LogP contribution in [0.3, 0.4) is 0 Å². The van der Waals surface area contributed by atoms with Crippen LogP contribution < -0.4 is 5.32 Å². The summed E-state index contributed by atoms with van der Waals surface area (Å²) in [6, 6.07) is 0. The minimum atomic E-state index is -0.905. The Kier molecular flexibility index (Phi) is 3.47. The topological polar surface area (TPSA) is 38.3 Å². The summed E-state index contributed by atoms with van der Waals surface area (Å²) < 4.78 is 17.5. The van der Waals surface area contributed by atoms with Crippen LogP contribution in [0.15, 0.2) is 0 Å². The molecule has 1 aliphatic heterocycles. The standard InChI is InChI=1S/C8H14FNO2/c1-12-8(11)4-6-2-3-10-5-7(6)9/h6-7,10H,2-5H2,1H3/t6-,7+/m0/s1. The highest BCUT2D eigenvalue weighted by molar-refractivity contribution is 5.69. The normalized spacial score (nSPS) is 29.8. The van der Waals surface area contributed by atoms with E-state index in [-0.39, 0.29) is 18.3 Å². The van der Waals surface area contributed by atoms with Crippen LogP contribution >= 0.6 is 0 Å². The summed E-state index contributed by atoms with van der Waals surface area (Å²) in [5.41, 5.74) is 0. The molecule has 1 N–H and O–H groups in total. The molecule has 1 heterocycles. The van der Waals surface area contributed by atoms with Gasteiger partial charge < -0.3 is 10.1 Å². The molecule has 2 atom stereocenters. The molecule has 12 heavy (non-hydrogen) atoms. The summed E-state index contributed by atoms with van der Waals surface area (Å²) in [5, 5.41) is 2.93. The van der Waals surface area contributed by atoms with E-state index in [1.165, 1.54) is 7.11 Å². The third-order valence-electron chi connectivity index (χ3n) is 2.20. The molecular formula is C8H14FNO2. The molecular weight excluding hydrogens is 161 g/mol. The van der Waals surface area contributed by atoms with Gasteiger partial charge in [-0.25, -0.2) is 4.39 Å². The number of ether oxygens (including phenoxy) is 1. The van der Waals surface area contributed by atoms with Crippen molar-refractivity contribution < 1.29 is 13.9 Å². The summed E-state index contributed by atoms with van der Waals surface area (Å²) in [6.45, 7) is 1.16. The second-order valence-corrected chi connectivity index (χ2v) is 3.05. The van der Waals surface area contributed by atoms with Crippen LogP contribution in [-0.2, 0) is 9.53 Å². The molecule has 1 aliphatic rings. The first-order chi connectivity index (χ1) is 5.74. The lowest BCUT2D eigenvalue weighted by molar-refractivity contribution is -0.142. The van der Waals surface area contributed by atoms with Crippen LogP contribution in [-0.4, -0.2) is 32.3 Å². The molecule has 1 fully saturated rings. The fourth-order valence-corrected chi connectivity index (χ4v) is 1.40. The van der Waals surface area contributed by atoms with E-state index in [1.807, 2.05) is 0 Å². The van der Waals surface area contributed by atoms with Gasteiger partial charge in [0, 0.05) is 12.5 Å². The van der Waals surface area contributed by atoms with E-state index >= 15 is 0 Å². The summed E-state index contributed by atoms with van der Waals surface area (Å²) in [5.74, 6) is -0.469. The third kappa shape index (κ3) is 2.44. The number of carbonyl (C=O) groups excluding carboxylic acids is 1. The summed E-state index contributed by atoms with van der Waals surface area (Å²) in [6.07, 6.45) is 0.0214. The molecule has 3 nitrogen and oxygen atoms in total. The van der Waals surface area contributed by atoms with Crippen LogP contribution in [0, 0.1) is 5.92 Å². The van der Waals surface area contributed by atoms with E-state index in [9.17, 15) is 9.18 Å². The van der Waals surface area contributed by atoms with E-state index in [2.05, 4.69) is 10.1 Å². The lowest BCUT2D eigenvalue weighted by Gasteiger charge is -2.25. The molecule has 0 amide bonds. The molecule has 0 aromatic heterocycles. The number of nitrogens with one attached hydrogen (secondary N) is 1. The van der Waals surface area contributed by atoms with Crippen molar-refractivity contribution in [3.8, 4) is 0 Å². The van der Waals surface area contributed by atoms with Crippen molar-refractivity contribution in [2.24, 2.45) is 5.92 Å². The van der Waals surface area contributed by atoms with Crippen molar-refractivity contribution in [1.82, 2.24) is 5.32 Å². The molecule has 1 rings (SSSR count). The highest BCUT2D eigenvalue weighted by Crippen LogP contribution is 2.19. The maximum atomic E-state index is 13.1. The zero-order valence-electron chi connectivity index (χ0n) is 7.18. The second-order valence-electron chi connectivity index (χ2n) is 3.05. The van der Waals surface area contributed by atoms with Crippen molar-refractivity contribution >= 4 is 5.97 Å². The zero-order valence-corrected chi connectivity index (χ0v) is 7.18. The van der Waals surface area contributed by atoms with Gasteiger partial charge in [0.2, 0.25) is 0 Å². The number of halogens is 1. The van der Waals surface area contributed by atoms with Gasteiger partial charge in [-0.1, -0.05) is 0 Å². The molecule has 4 heteroatoms. The Balaban J connectivity index is 2.33. The molecule has 0 spiro atoms. The Hall–Kier alpha value is -0.640. The largest absolute Gasteiger partial charge is 0.469 e. The van der Waals surface area contributed by atoms with Crippen molar-refractivity contribution in [3.05, 3.63) is 0 Å². The molecule has 0 aromatic rings. The molecule has 0 aromatic carbocycles. The predicted molar refractivity (Wildman–Crippen MR) is 42.5 cm³/mol. The summed E-state index contributed by atoms with van der Waals surface area (Å²) in [7, 11) is 1.33. The zero-order chi connectivity index (χ0) is 8.97. The predicted octanol–water partition coefficient (Wildman–Crippen LogP) is 0.497. The van der Waals surface area contributed by atoms with Crippen molar-refractivity contribution in [2.75, 3.05) is 20.2 Å². The van der Waals surface area contributed by atoms with E-state index in [0.29, 0.717) is 6.54 Å². The van der Waals surface area contributed by atoms with Gasteiger partial charge in [-0.2, -0.15) is 0 Å². The van der Waals surface area contributed by atoms with E-state index in [1.54, 1.807) is 0 Å². The van der Waals surface area contributed by atoms with Gasteiger partial charge in [0.15, 0.2) is 0 Å². The van der Waals surface area contributed by atoms with Gasteiger partial charge in [-0.3, -0.25) is 4.79 Å². The maximum Gasteiger partial charge on any atom is 0.305 e. The average molecular weight is 175 g/mol. The smallest absolute Gasteiger partial charge is 0.305 e. The monoisotopic (exact) mass is 175 g/mol. The molecule has 0 saturated carbocycles. The number of alkyl halides is 1. The number of hydrogen-bond acceptors (Lipinski definition) is 3. The average Bonchev–Trinajstić information content (AvgIpc) is 2.09. The fourth-order valence-electron chi connectivity index (χ4n) is 1.40. The Bertz CT molecular complexity index is 163. The first-order valence-electron chi connectivity index (χ1n) is 4.15. The van der Waals surface area contributed by atoms with Crippen LogP contribution in [0.5, 0.6) is 0 Å². The lowest BCUT2D eigenvalue weighted by Crippen LogP contribution is -2.39. The second kappa shape index (κ2) is 4.40. The quantitative estimate of drug-likeness (QED) is 0.621. The Morgan fingerprint density at radius 2 is 2.50 bits per heavy atom. The number of methoxy groups -OCH3 is 1. The Labute approximate surface area is 71.3 Å². The van der Waals surface area contributed by atoms with Gasteiger partial charge in [-0.05, 0) is 13.0 Å². The number of rotatable bonds is 2. The maximum absolute atomic E-state index is 13.1. The third-order valence-corrected chi connectivity index (χ3v) is 2.20. The molecule has 0 unspecified atom stereocenters. The highest BCUT2D eigenvalue weighted by atomic mass is 19.1. The van der Waals surface area contributed by atoms with Gasteiger partial charge in [-0.15, -0.1) is 0 Å². The first kappa shape index (κ1) is 9.45. The number of esters is 1. The van der Waals surface area contributed by atoms with Crippen LogP contribution in [0.2, 0.25) is 0 Å². The van der Waals surface area contributed by atoms with Crippen LogP contribution in [0.25, 0.3) is 0 Å². The van der Waals surface area contributed by atoms with Crippen molar-refractivity contribution in [1.29, 1.82) is 0 Å². The Morgan fingerprint density at radius 3 is 3.08 bits per heavy atom. The lowest BCUT2D eigenvalue weighted by atomic mass is 9.93. The fraction of sp³-hybridized carbons (Fsp3) is 0.875. The Morgan fingerprint density at radius 1 is 1.75 bits per heavy atom. The van der Waals surface area contributed by atoms with Crippen LogP contribution in [0.1, 0.15) is 12.8 Å². The minimum absolute atomic E-state index is 0.154. The van der Waals surface area contributed by atoms with Crippen molar-refractivity contribution in [3.63, 3.8) is 0 Å². The highest BCUT2D eigenvalue weighted by Gasteiger charge is 2.26. The van der Waals surface area contributed by atoms with Crippen LogP contribution in [0.4, 0.5) is 4.39 Å².